The van der Waals surface area contributed by atoms with E-state index in [1.54, 1.807) is 12.4 Å². The van der Waals surface area contributed by atoms with Crippen molar-refractivity contribution in [3.63, 3.8) is 0 Å². The Balaban J connectivity index is 1.45. The predicted molar refractivity (Wildman–Crippen MR) is 116 cm³/mol. The van der Waals surface area contributed by atoms with Gasteiger partial charge in [-0.25, -0.2) is 0 Å². The Kier molecular flexibility index (Phi) is 5.31. The second kappa shape index (κ2) is 7.92. The van der Waals surface area contributed by atoms with Crippen molar-refractivity contribution in [1.29, 1.82) is 5.26 Å². The molecule has 6 nitrogen and oxygen atoms in total. The molecule has 0 saturated heterocycles. The number of amides is 1. The molecule has 0 aliphatic heterocycles. The number of hydrogen-bond donors (Lipinski definition) is 3. The molecular formula is C24H26N4O2. The third-order valence-corrected chi connectivity index (χ3v) is 6.20. The maximum absolute atomic E-state index is 12.7. The van der Waals surface area contributed by atoms with Crippen molar-refractivity contribution in [3.05, 3.63) is 53.9 Å². The first-order valence-electron chi connectivity index (χ1n) is 10.4. The first kappa shape index (κ1) is 20.1. The average molecular weight is 402 g/mol. The number of rotatable bonds is 4. The molecule has 4 rings (SSSR count). The van der Waals surface area contributed by atoms with Gasteiger partial charge >= 0.3 is 0 Å². The van der Waals surface area contributed by atoms with Gasteiger partial charge in [0, 0.05) is 34.9 Å². The monoisotopic (exact) mass is 402 g/mol. The minimum absolute atomic E-state index is 0.0761. The maximum Gasteiger partial charge on any atom is 0.251 e. The summed E-state index contributed by atoms with van der Waals surface area (Å²) in [6.07, 6.45) is 6.98. The van der Waals surface area contributed by atoms with Crippen molar-refractivity contribution in [2.24, 2.45) is 5.92 Å². The van der Waals surface area contributed by atoms with Crippen LogP contribution < -0.4 is 5.32 Å². The zero-order valence-corrected chi connectivity index (χ0v) is 17.3. The van der Waals surface area contributed by atoms with Gasteiger partial charge in [0.25, 0.3) is 5.91 Å². The van der Waals surface area contributed by atoms with Crippen LogP contribution in [0.15, 0.2) is 42.7 Å². The second-order valence-corrected chi connectivity index (χ2v) is 8.65. The van der Waals surface area contributed by atoms with Gasteiger partial charge in [0.1, 0.15) is 6.07 Å². The van der Waals surface area contributed by atoms with Gasteiger partial charge in [0.05, 0.1) is 22.4 Å². The zero-order chi connectivity index (χ0) is 21.3. The molecule has 1 fully saturated rings. The van der Waals surface area contributed by atoms with E-state index in [0.29, 0.717) is 11.1 Å². The summed E-state index contributed by atoms with van der Waals surface area (Å²) in [5.41, 5.74) is 2.91. The molecule has 1 aliphatic carbocycles. The summed E-state index contributed by atoms with van der Waals surface area (Å²) < 4.78 is 0. The third kappa shape index (κ3) is 3.94. The molecule has 0 spiro atoms. The molecule has 0 atom stereocenters. The Hall–Kier alpha value is -3.17. The molecule has 0 unspecified atom stereocenters. The molecule has 0 bridgehead atoms. The third-order valence-electron chi connectivity index (χ3n) is 6.20. The van der Waals surface area contributed by atoms with E-state index in [4.69, 9.17) is 0 Å². The average Bonchev–Trinajstić information content (AvgIpc) is 3.23. The molecule has 1 amide bonds. The van der Waals surface area contributed by atoms with Gasteiger partial charge < -0.3 is 15.4 Å². The molecule has 1 saturated carbocycles. The molecule has 3 N–H and O–H groups in total. The molecule has 2 aromatic heterocycles. The zero-order valence-electron chi connectivity index (χ0n) is 17.3. The highest BCUT2D eigenvalue weighted by atomic mass is 16.3. The molecule has 1 aliphatic rings. The molecular weight excluding hydrogens is 376 g/mol. The number of hydrogen-bond acceptors (Lipinski definition) is 4. The van der Waals surface area contributed by atoms with Crippen molar-refractivity contribution in [2.75, 3.05) is 0 Å². The smallest absolute Gasteiger partial charge is 0.251 e. The summed E-state index contributed by atoms with van der Waals surface area (Å²) in [7, 11) is 0. The number of nitriles is 1. The van der Waals surface area contributed by atoms with E-state index in [1.807, 2.05) is 44.2 Å². The Morgan fingerprint density at radius 1 is 1.20 bits per heavy atom. The van der Waals surface area contributed by atoms with Crippen molar-refractivity contribution in [3.8, 4) is 17.3 Å². The van der Waals surface area contributed by atoms with Crippen LogP contribution in [0.5, 0.6) is 0 Å². The Morgan fingerprint density at radius 3 is 2.53 bits per heavy atom. The van der Waals surface area contributed by atoms with Crippen LogP contribution in [0.2, 0.25) is 0 Å². The van der Waals surface area contributed by atoms with Crippen LogP contribution in [0.25, 0.3) is 22.2 Å². The van der Waals surface area contributed by atoms with Gasteiger partial charge in [-0.1, -0.05) is 12.1 Å². The number of nitrogens with zero attached hydrogens (tertiary/aromatic N) is 2. The van der Waals surface area contributed by atoms with Gasteiger partial charge in [0.15, 0.2) is 0 Å². The highest BCUT2D eigenvalue weighted by Gasteiger charge is 2.31. The summed E-state index contributed by atoms with van der Waals surface area (Å²) >= 11 is 0. The quantitative estimate of drug-likeness (QED) is 0.610. The number of aromatic nitrogens is 2. The van der Waals surface area contributed by atoms with Gasteiger partial charge in [-0.3, -0.25) is 9.78 Å². The molecule has 6 heteroatoms. The SMILES string of the molecule is CC(C)(O)C1CCC(NC(=O)c2ccc(-c3ncc(C#N)c4[nH]ccc34)cc2)CC1. The van der Waals surface area contributed by atoms with Gasteiger partial charge in [-0.05, 0) is 63.6 Å². The van der Waals surface area contributed by atoms with Crippen molar-refractivity contribution in [1.82, 2.24) is 15.3 Å². The predicted octanol–water partition coefficient (Wildman–Crippen LogP) is 4.16. The van der Waals surface area contributed by atoms with Crippen LogP contribution in [-0.2, 0) is 0 Å². The largest absolute Gasteiger partial charge is 0.390 e. The van der Waals surface area contributed by atoms with Crippen LogP contribution in [0.3, 0.4) is 0 Å². The van der Waals surface area contributed by atoms with E-state index < -0.39 is 5.60 Å². The number of nitrogens with one attached hydrogen (secondary N) is 2. The molecule has 0 radical (unpaired) electrons. The number of aromatic amines is 1. The number of benzene rings is 1. The van der Waals surface area contributed by atoms with E-state index in [-0.39, 0.29) is 17.9 Å². The first-order valence-corrected chi connectivity index (χ1v) is 10.4. The fourth-order valence-electron chi connectivity index (χ4n) is 4.36. The second-order valence-electron chi connectivity index (χ2n) is 8.65. The van der Waals surface area contributed by atoms with Crippen molar-refractivity contribution >= 4 is 16.8 Å². The Labute approximate surface area is 176 Å². The van der Waals surface area contributed by atoms with Crippen molar-refractivity contribution < 1.29 is 9.90 Å². The fraction of sp³-hybridized carbons (Fsp3) is 0.375. The number of H-pyrrole nitrogens is 1. The number of pyridine rings is 1. The summed E-state index contributed by atoms with van der Waals surface area (Å²) in [6, 6.07) is 11.6. The van der Waals surface area contributed by atoms with E-state index in [9.17, 15) is 15.2 Å². The molecule has 1 aromatic carbocycles. The van der Waals surface area contributed by atoms with E-state index in [1.165, 1.54) is 0 Å². The van der Waals surface area contributed by atoms with Gasteiger partial charge in [-0.15, -0.1) is 0 Å². The normalized spacial score (nSPS) is 19.4. The molecule has 3 aromatic rings. The molecule has 154 valence electrons. The summed E-state index contributed by atoms with van der Waals surface area (Å²) in [5.74, 6) is 0.211. The van der Waals surface area contributed by atoms with Crippen LogP contribution >= 0.6 is 0 Å². The highest BCUT2D eigenvalue weighted by molar-refractivity contribution is 5.97. The number of carbonyl (C=O) groups is 1. The molecule has 30 heavy (non-hydrogen) atoms. The van der Waals surface area contributed by atoms with Gasteiger partial charge in [-0.2, -0.15) is 5.26 Å². The number of carbonyl (C=O) groups excluding carboxylic acids is 1. The topological polar surface area (TPSA) is 102 Å². The summed E-state index contributed by atoms with van der Waals surface area (Å²) in [6.45, 7) is 3.73. The van der Waals surface area contributed by atoms with Crippen LogP contribution in [0.1, 0.15) is 55.5 Å². The lowest BCUT2D eigenvalue weighted by Crippen LogP contribution is -2.41. The minimum Gasteiger partial charge on any atom is -0.390 e. The number of fused-ring (bicyclic) bond motifs is 1. The lowest BCUT2D eigenvalue weighted by Gasteiger charge is -2.36. The van der Waals surface area contributed by atoms with Gasteiger partial charge in [0.2, 0.25) is 0 Å². The lowest BCUT2D eigenvalue weighted by atomic mass is 9.77. The number of aliphatic hydroxyl groups is 1. The first-order chi connectivity index (χ1) is 14.4. The lowest BCUT2D eigenvalue weighted by molar-refractivity contribution is -0.00257. The minimum atomic E-state index is -0.658. The van der Waals surface area contributed by atoms with Crippen LogP contribution in [-0.4, -0.2) is 32.6 Å². The highest BCUT2D eigenvalue weighted by Crippen LogP contribution is 2.33. The van der Waals surface area contributed by atoms with E-state index >= 15 is 0 Å². The fourth-order valence-corrected chi connectivity index (χ4v) is 4.36. The van der Waals surface area contributed by atoms with E-state index in [0.717, 1.165) is 47.8 Å². The summed E-state index contributed by atoms with van der Waals surface area (Å²) in [4.78, 5) is 20.2. The van der Waals surface area contributed by atoms with Crippen LogP contribution in [0.4, 0.5) is 0 Å². The van der Waals surface area contributed by atoms with Crippen LogP contribution in [0, 0.1) is 17.2 Å². The Morgan fingerprint density at radius 2 is 1.90 bits per heavy atom. The molecule has 2 heterocycles. The summed E-state index contributed by atoms with van der Waals surface area (Å²) in [5, 5.41) is 23.4. The standard InChI is InChI=1S/C24H26N4O2/c1-24(2,30)18-7-9-19(10-8-18)28-23(29)16-5-3-15(4-6-16)21-20-11-12-26-22(20)17(13-25)14-27-21/h3-6,11-12,14,18-19,26,30H,7-10H2,1-2H3,(H,28,29). The van der Waals surface area contributed by atoms with E-state index in [2.05, 4.69) is 21.4 Å². The maximum atomic E-state index is 12.7. The Bertz CT molecular complexity index is 1090. The van der Waals surface area contributed by atoms with Crippen molar-refractivity contribution in [2.45, 2.75) is 51.2 Å².